The first-order valence-corrected chi connectivity index (χ1v) is 7.25. The van der Waals surface area contributed by atoms with Gasteiger partial charge in [0.1, 0.15) is 18.1 Å². The number of aliphatic hydroxyl groups excluding tert-OH is 1. The van der Waals surface area contributed by atoms with Gasteiger partial charge in [-0.05, 0) is 30.7 Å². The molecule has 2 rings (SSSR count). The minimum Gasteiger partial charge on any atom is -0.496 e. The molecule has 0 unspecified atom stereocenters. The molecule has 0 aliphatic heterocycles. The molecule has 0 aliphatic carbocycles. The molecule has 0 aliphatic rings. The Kier molecular flexibility index (Phi) is 5.48. The molecule has 0 saturated carbocycles. The molecule has 1 N–H and O–H groups in total. The van der Waals surface area contributed by atoms with Crippen LogP contribution >= 0.6 is 11.6 Å². The average molecular weight is 307 g/mol. The highest BCUT2D eigenvalue weighted by Gasteiger charge is 2.12. The Balaban J connectivity index is 2.19. The molecule has 0 amide bonds. The Morgan fingerprint density at radius 3 is 2.62 bits per heavy atom. The maximum absolute atomic E-state index is 10.0. The van der Waals surface area contributed by atoms with E-state index in [1.165, 1.54) is 0 Å². The summed E-state index contributed by atoms with van der Waals surface area (Å²) in [6.07, 6.45) is 0.114. The minimum absolute atomic E-state index is 0.331. The number of aliphatic hydroxyl groups is 1. The van der Waals surface area contributed by atoms with E-state index in [-0.39, 0.29) is 0 Å². The zero-order valence-corrected chi connectivity index (χ0v) is 12.9. The Bertz CT molecular complexity index is 598. The second-order valence-corrected chi connectivity index (χ2v) is 5.14. The van der Waals surface area contributed by atoms with Crippen LogP contribution in [0, 0.1) is 0 Å². The van der Waals surface area contributed by atoms with E-state index in [1.54, 1.807) is 13.2 Å². The van der Waals surface area contributed by atoms with Gasteiger partial charge in [0.25, 0.3) is 0 Å². The molecule has 3 nitrogen and oxygen atoms in total. The fourth-order valence-corrected chi connectivity index (χ4v) is 2.32. The van der Waals surface area contributed by atoms with E-state index in [2.05, 4.69) is 0 Å². The molecule has 2 aromatic rings. The quantitative estimate of drug-likeness (QED) is 0.861. The third-order valence-electron chi connectivity index (χ3n) is 3.29. The van der Waals surface area contributed by atoms with Crippen molar-refractivity contribution in [2.45, 2.75) is 26.1 Å². The van der Waals surface area contributed by atoms with Crippen molar-refractivity contribution in [3.8, 4) is 11.5 Å². The summed E-state index contributed by atoms with van der Waals surface area (Å²) < 4.78 is 11.1. The van der Waals surface area contributed by atoms with E-state index in [9.17, 15) is 5.11 Å². The van der Waals surface area contributed by atoms with Gasteiger partial charge in [0.05, 0.1) is 13.2 Å². The summed E-state index contributed by atoms with van der Waals surface area (Å²) in [5.41, 5.74) is 1.66. The van der Waals surface area contributed by atoms with E-state index in [0.29, 0.717) is 23.8 Å². The van der Waals surface area contributed by atoms with Crippen molar-refractivity contribution >= 4 is 11.6 Å². The van der Waals surface area contributed by atoms with Crippen LogP contribution < -0.4 is 9.47 Å². The maximum atomic E-state index is 10.0. The second kappa shape index (κ2) is 7.34. The van der Waals surface area contributed by atoms with Crippen molar-refractivity contribution < 1.29 is 14.6 Å². The molecule has 2 aromatic carbocycles. The minimum atomic E-state index is -0.526. The summed E-state index contributed by atoms with van der Waals surface area (Å²) in [5.74, 6) is 1.40. The summed E-state index contributed by atoms with van der Waals surface area (Å²) in [6, 6.07) is 12.9. The highest BCUT2D eigenvalue weighted by Crippen LogP contribution is 2.29. The van der Waals surface area contributed by atoms with E-state index in [0.717, 1.165) is 16.9 Å². The third-order valence-corrected chi connectivity index (χ3v) is 3.53. The molecule has 0 fully saturated rings. The van der Waals surface area contributed by atoms with Crippen molar-refractivity contribution in [2.24, 2.45) is 0 Å². The van der Waals surface area contributed by atoms with Gasteiger partial charge >= 0.3 is 0 Å². The van der Waals surface area contributed by atoms with Crippen molar-refractivity contribution in [2.75, 3.05) is 7.11 Å². The predicted octanol–water partition coefficient (Wildman–Crippen LogP) is 4.37. The molecule has 0 bridgehead atoms. The summed E-state index contributed by atoms with van der Waals surface area (Å²) in [4.78, 5) is 0. The number of halogens is 1. The van der Waals surface area contributed by atoms with Crippen molar-refractivity contribution in [3.05, 3.63) is 58.6 Å². The Hall–Kier alpha value is -1.71. The average Bonchev–Trinajstić information content (AvgIpc) is 2.52. The monoisotopic (exact) mass is 306 g/mol. The summed E-state index contributed by atoms with van der Waals surface area (Å²) in [5, 5.41) is 10.7. The van der Waals surface area contributed by atoms with Crippen molar-refractivity contribution in [1.29, 1.82) is 0 Å². The lowest BCUT2D eigenvalue weighted by Gasteiger charge is -2.16. The lowest BCUT2D eigenvalue weighted by atomic mass is 10.1. The maximum Gasteiger partial charge on any atom is 0.125 e. The van der Waals surface area contributed by atoms with Crippen LogP contribution in [0.3, 0.4) is 0 Å². The molecule has 4 heteroatoms. The first-order valence-electron chi connectivity index (χ1n) is 6.88. The first-order chi connectivity index (χ1) is 10.2. The number of methoxy groups -OCH3 is 1. The fourth-order valence-electron chi connectivity index (χ4n) is 2.12. The van der Waals surface area contributed by atoms with E-state index in [1.807, 2.05) is 43.3 Å². The lowest BCUT2D eigenvalue weighted by Crippen LogP contribution is -2.03. The molecule has 112 valence electrons. The van der Waals surface area contributed by atoms with Crippen LogP contribution in [0.2, 0.25) is 5.02 Å². The number of hydrogen-bond acceptors (Lipinski definition) is 3. The van der Waals surface area contributed by atoms with Gasteiger partial charge in [-0.3, -0.25) is 0 Å². The van der Waals surface area contributed by atoms with Gasteiger partial charge in [0.2, 0.25) is 0 Å². The van der Waals surface area contributed by atoms with E-state index in [4.69, 9.17) is 21.1 Å². The van der Waals surface area contributed by atoms with Gasteiger partial charge in [0, 0.05) is 16.1 Å². The summed E-state index contributed by atoms with van der Waals surface area (Å²) >= 11 is 6.01. The highest BCUT2D eigenvalue weighted by atomic mass is 35.5. The molecule has 0 spiro atoms. The fraction of sp³-hybridized carbons (Fsp3) is 0.294. The van der Waals surface area contributed by atoms with Crippen LogP contribution in [-0.4, -0.2) is 12.2 Å². The summed E-state index contributed by atoms with van der Waals surface area (Å²) in [6.45, 7) is 2.26. The van der Waals surface area contributed by atoms with E-state index >= 15 is 0 Å². The second-order valence-electron chi connectivity index (χ2n) is 4.71. The number of ether oxygens (including phenoxy) is 2. The standard InChI is InChI=1S/C17H19ClO3/c1-3-15(19)14-6-4-5-7-17(14)21-11-12-10-13(18)8-9-16(12)20-2/h4-10,15,19H,3,11H2,1-2H3/t15-/m0/s1. The number of rotatable bonds is 6. The van der Waals surface area contributed by atoms with Crippen LogP contribution in [0.1, 0.15) is 30.6 Å². The number of para-hydroxylation sites is 1. The topological polar surface area (TPSA) is 38.7 Å². The van der Waals surface area contributed by atoms with Gasteiger partial charge in [-0.2, -0.15) is 0 Å². The van der Waals surface area contributed by atoms with Gasteiger partial charge < -0.3 is 14.6 Å². The zero-order valence-electron chi connectivity index (χ0n) is 12.2. The first kappa shape index (κ1) is 15.7. The third kappa shape index (κ3) is 3.90. The summed E-state index contributed by atoms with van der Waals surface area (Å²) in [7, 11) is 1.61. The van der Waals surface area contributed by atoms with Crippen LogP contribution in [0.15, 0.2) is 42.5 Å². The van der Waals surface area contributed by atoms with Gasteiger partial charge in [-0.1, -0.05) is 36.7 Å². The lowest BCUT2D eigenvalue weighted by molar-refractivity contribution is 0.166. The molecular formula is C17H19ClO3. The predicted molar refractivity (Wildman–Crippen MR) is 84.0 cm³/mol. The Morgan fingerprint density at radius 2 is 1.90 bits per heavy atom. The molecular weight excluding hydrogens is 288 g/mol. The van der Waals surface area contributed by atoms with Crippen LogP contribution in [0.25, 0.3) is 0 Å². The molecule has 21 heavy (non-hydrogen) atoms. The SMILES string of the molecule is CC[C@H](O)c1ccccc1OCc1cc(Cl)ccc1OC. The Morgan fingerprint density at radius 1 is 1.14 bits per heavy atom. The molecule has 0 heterocycles. The smallest absolute Gasteiger partial charge is 0.125 e. The van der Waals surface area contributed by atoms with Gasteiger partial charge in [0.15, 0.2) is 0 Å². The van der Waals surface area contributed by atoms with Gasteiger partial charge in [-0.15, -0.1) is 0 Å². The van der Waals surface area contributed by atoms with Crippen LogP contribution in [0.5, 0.6) is 11.5 Å². The van der Waals surface area contributed by atoms with E-state index < -0.39 is 6.10 Å². The number of hydrogen-bond donors (Lipinski definition) is 1. The zero-order chi connectivity index (χ0) is 15.2. The molecule has 0 saturated heterocycles. The largest absolute Gasteiger partial charge is 0.496 e. The van der Waals surface area contributed by atoms with Gasteiger partial charge in [-0.25, -0.2) is 0 Å². The number of benzene rings is 2. The van der Waals surface area contributed by atoms with Crippen molar-refractivity contribution in [1.82, 2.24) is 0 Å². The molecule has 0 aromatic heterocycles. The Labute approximate surface area is 130 Å². The molecule has 1 atom stereocenters. The van der Waals surface area contributed by atoms with Crippen LogP contribution in [0.4, 0.5) is 0 Å². The van der Waals surface area contributed by atoms with Crippen molar-refractivity contribution in [3.63, 3.8) is 0 Å². The van der Waals surface area contributed by atoms with Crippen LogP contribution in [-0.2, 0) is 6.61 Å². The normalized spacial score (nSPS) is 12.0. The highest BCUT2D eigenvalue weighted by molar-refractivity contribution is 6.30. The molecule has 0 radical (unpaired) electrons.